The molecule has 0 bridgehead atoms. The van der Waals surface area contributed by atoms with Gasteiger partial charge in [0.25, 0.3) is 0 Å². The molecule has 0 saturated carbocycles. The zero-order chi connectivity index (χ0) is 14.8. The SMILES string of the molecule is CCC1(C)CCN(c2cc(C(=O)OC)ccc2N)CC1. The van der Waals surface area contributed by atoms with Crippen LogP contribution in [0.5, 0.6) is 0 Å². The molecule has 110 valence electrons. The second kappa shape index (κ2) is 5.73. The fraction of sp³-hybridized carbons (Fsp3) is 0.562. The maximum Gasteiger partial charge on any atom is 0.337 e. The molecular formula is C16H24N2O2. The molecule has 1 aliphatic rings. The van der Waals surface area contributed by atoms with E-state index in [1.807, 2.05) is 6.07 Å². The molecule has 0 aliphatic carbocycles. The van der Waals surface area contributed by atoms with Crippen LogP contribution in [0.1, 0.15) is 43.5 Å². The molecule has 0 unspecified atom stereocenters. The molecule has 0 radical (unpaired) electrons. The molecule has 1 saturated heterocycles. The molecule has 0 spiro atoms. The van der Waals surface area contributed by atoms with E-state index >= 15 is 0 Å². The van der Waals surface area contributed by atoms with Gasteiger partial charge in [0, 0.05) is 13.1 Å². The Morgan fingerprint density at radius 3 is 2.60 bits per heavy atom. The fourth-order valence-electron chi connectivity index (χ4n) is 2.70. The maximum absolute atomic E-state index is 11.6. The number of rotatable bonds is 3. The molecule has 1 aliphatic heterocycles. The summed E-state index contributed by atoms with van der Waals surface area (Å²) in [5, 5.41) is 0. The van der Waals surface area contributed by atoms with Gasteiger partial charge in [-0.25, -0.2) is 4.79 Å². The molecular weight excluding hydrogens is 252 g/mol. The number of anilines is 2. The quantitative estimate of drug-likeness (QED) is 0.681. The number of esters is 1. The van der Waals surface area contributed by atoms with Gasteiger partial charge in [-0.1, -0.05) is 20.3 Å². The van der Waals surface area contributed by atoms with Gasteiger partial charge in [0.05, 0.1) is 24.0 Å². The molecule has 2 rings (SSSR count). The Kier molecular flexibility index (Phi) is 4.21. The maximum atomic E-state index is 11.6. The number of carbonyl (C=O) groups excluding carboxylic acids is 1. The van der Waals surface area contributed by atoms with Crippen molar-refractivity contribution >= 4 is 17.3 Å². The molecule has 20 heavy (non-hydrogen) atoms. The molecule has 0 atom stereocenters. The molecule has 0 amide bonds. The summed E-state index contributed by atoms with van der Waals surface area (Å²) in [5.74, 6) is -0.318. The van der Waals surface area contributed by atoms with Gasteiger partial charge in [-0.2, -0.15) is 0 Å². The van der Waals surface area contributed by atoms with Crippen LogP contribution in [-0.4, -0.2) is 26.2 Å². The minimum absolute atomic E-state index is 0.318. The first-order chi connectivity index (χ1) is 9.49. The lowest BCUT2D eigenvalue weighted by molar-refractivity contribution is 0.0601. The largest absolute Gasteiger partial charge is 0.465 e. The molecule has 4 nitrogen and oxygen atoms in total. The molecule has 1 aromatic carbocycles. The fourth-order valence-corrected chi connectivity index (χ4v) is 2.70. The number of carbonyl (C=O) groups is 1. The smallest absolute Gasteiger partial charge is 0.337 e. The van der Waals surface area contributed by atoms with Crippen molar-refractivity contribution in [3.05, 3.63) is 23.8 Å². The Labute approximate surface area is 120 Å². The van der Waals surface area contributed by atoms with Crippen LogP contribution in [0.2, 0.25) is 0 Å². The average Bonchev–Trinajstić information content (AvgIpc) is 2.48. The van der Waals surface area contributed by atoms with Crippen molar-refractivity contribution < 1.29 is 9.53 Å². The molecule has 2 N–H and O–H groups in total. The van der Waals surface area contributed by atoms with E-state index in [-0.39, 0.29) is 5.97 Å². The first-order valence-corrected chi connectivity index (χ1v) is 7.22. The monoisotopic (exact) mass is 276 g/mol. The van der Waals surface area contributed by atoms with Crippen LogP contribution in [-0.2, 0) is 4.74 Å². The van der Waals surface area contributed by atoms with Gasteiger partial charge in [-0.05, 0) is 36.5 Å². The second-order valence-electron chi connectivity index (χ2n) is 5.92. The van der Waals surface area contributed by atoms with E-state index in [0.717, 1.165) is 37.3 Å². The van der Waals surface area contributed by atoms with Crippen molar-refractivity contribution in [1.29, 1.82) is 0 Å². The Hall–Kier alpha value is -1.71. The number of benzene rings is 1. The summed E-state index contributed by atoms with van der Waals surface area (Å²) in [6.07, 6.45) is 3.52. The van der Waals surface area contributed by atoms with E-state index in [1.54, 1.807) is 12.1 Å². The zero-order valence-corrected chi connectivity index (χ0v) is 12.6. The standard InChI is InChI=1S/C16H24N2O2/c1-4-16(2)7-9-18(10-8-16)14-11-12(15(19)20-3)5-6-13(14)17/h5-6,11H,4,7-10,17H2,1-3H3. The third-order valence-corrected chi connectivity index (χ3v) is 4.62. The number of ether oxygens (including phenoxy) is 1. The Morgan fingerprint density at radius 2 is 2.05 bits per heavy atom. The lowest BCUT2D eigenvalue weighted by atomic mass is 9.78. The summed E-state index contributed by atoms with van der Waals surface area (Å²) in [7, 11) is 1.39. The highest BCUT2D eigenvalue weighted by molar-refractivity contribution is 5.92. The number of nitrogens with two attached hydrogens (primary N) is 1. The Bertz CT molecular complexity index is 491. The van der Waals surface area contributed by atoms with Crippen molar-refractivity contribution in [1.82, 2.24) is 0 Å². The molecule has 1 aromatic rings. The lowest BCUT2D eigenvalue weighted by Crippen LogP contribution is -2.38. The van der Waals surface area contributed by atoms with Gasteiger partial charge < -0.3 is 15.4 Å². The number of hydrogen-bond donors (Lipinski definition) is 1. The van der Waals surface area contributed by atoms with E-state index in [2.05, 4.69) is 18.7 Å². The average molecular weight is 276 g/mol. The van der Waals surface area contributed by atoms with Crippen molar-refractivity contribution in [2.45, 2.75) is 33.1 Å². The molecule has 4 heteroatoms. The normalized spacial score (nSPS) is 17.9. The van der Waals surface area contributed by atoms with E-state index in [4.69, 9.17) is 10.5 Å². The summed E-state index contributed by atoms with van der Waals surface area (Å²) in [6, 6.07) is 5.34. The van der Waals surface area contributed by atoms with Crippen LogP contribution in [0, 0.1) is 5.41 Å². The number of hydrogen-bond acceptors (Lipinski definition) is 4. The van der Waals surface area contributed by atoms with Gasteiger partial charge in [0.15, 0.2) is 0 Å². The van der Waals surface area contributed by atoms with Crippen LogP contribution < -0.4 is 10.6 Å². The Balaban J connectivity index is 2.19. The first-order valence-electron chi connectivity index (χ1n) is 7.22. The molecule has 1 heterocycles. The summed E-state index contributed by atoms with van der Waals surface area (Å²) in [5.41, 5.74) is 8.73. The van der Waals surface area contributed by atoms with Crippen LogP contribution >= 0.6 is 0 Å². The van der Waals surface area contributed by atoms with E-state index in [1.165, 1.54) is 13.5 Å². The van der Waals surface area contributed by atoms with Crippen LogP contribution in [0.25, 0.3) is 0 Å². The Morgan fingerprint density at radius 1 is 1.40 bits per heavy atom. The molecule has 1 fully saturated rings. The predicted octanol–water partition coefficient (Wildman–Crippen LogP) is 3.07. The van der Waals surface area contributed by atoms with E-state index in [0.29, 0.717) is 11.0 Å². The number of nitrogens with zero attached hydrogens (tertiary/aromatic N) is 1. The summed E-state index contributed by atoms with van der Waals surface area (Å²) in [4.78, 5) is 13.9. The van der Waals surface area contributed by atoms with Crippen molar-refractivity contribution in [2.75, 3.05) is 30.8 Å². The number of piperidine rings is 1. The van der Waals surface area contributed by atoms with Gasteiger partial charge >= 0.3 is 5.97 Å². The van der Waals surface area contributed by atoms with Crippen LogP contribution in [0.15, 0.2) is 18.2 Å². The molecule has 0 aromatic heterocycles. The number of methoxy groups -OCH3 is 1. The highest BCUT2D eigenvalue weighted by Crippen LogP contribution is 2.37. The van der Waals surface area contributed by atoms with Crippen LogP contribution in [0.4, 0.5) is 11.4 Å². The van der Waals surface area contributed by atoms with Gasteiger partial charge in [-0.3, -0.25) is 0 Å². The van der Waals surface area contributed by atoms with Crippen LogP contribution in [0.3, 0.4) is 0 Å². The van der Waals surface area contributed by atoms with Gasteiger partial charge in [0.1, 0.15) is 0 Å². The zero-order valence-electron chi connectivity index (χ0n) is 12.6. The van der Waals surface area contributed by atoms with Crippen molar-refractivity contribution in [3.8, 4) is 0 Å². The topological polar surface area (TPSA) is 55.6 Å². The third-order valence-electron chi connectivity index (χ3n) is 4.62. The second-order valence-corrected chi connectivity index (χ2v) is 5.92. The summed E-state index contributed by atoms with van der Waals surface area (Å²) < 4.78 is 4.77. The summed E-state index contributed by atoms with van der Waals surface area (Å²) in [6.45, 7) is 6.57. The van der Waals surface area contributed by atoms with E-state index < -0.39 is 0 Å². The minimum Gasteiger partial charge on any atom is -0.465 e. The van der Waals surface area contributed by atoms with Gasteiger partial charge in [-0.15, -0.1) is 0 Å². The minimum atomic E-state index is -0.318. The number of nitrogen functional groups attached to an aromatic ring is 1. The highest BCUT2D eigenvalue weighted by atomic mass is 16.5. The highest BCUT2D eigenvalue weighted by Gasteiger charge is 2.29. The third kappa shape index (κ3) is 2.89. The van der Waals surface area contributed by atoms with Crippen molar-refractivity contribution in [3.63, 3.8) is 0 Å². The first kappa shape index (κ1) is 14.7. The predicted molar refractivity (Wildman–Crippen MR) is 82.0 cm³/mol. The lowest BCUT2D eigenvalue weighted by Gasteiger charge is -2.40. The summed E-state index contributed by atoms with van der Waals surface area (Å²) >= 11 is 0. The van der Waals surface area contributed by atoms with Crippen molar-refractivity contribution in [2.24, 2.45) is 5.41 Å². The van der Waals surface area contributed by atoms with Gasteiger partial charge in [0.2, 0.25) is 0 Å². The van der Waals surface area contributed by atoms with E-state index in [9.17, 15) is 4.79 Å².